The lowest BCUT2D eigenvalue weighted by Crippen LogP contribution is -2.54. The molecule has 0 aliphatic carbocycles. The van der Waals surface area contributed by atoms with Gasteiger partial charge in [0.15, 0.2) is 5.78 Å². The van der Waals surface area contributed by atoms with Crippen LogP contribution in [0.25, 0.3) is 0 Å². The van der Waals surface area contributed by atoms with Gasteiger partial charge >= 0.3 is 17.9 Å². The number of hydrogen-bond donors (Lipinski definition) is 7. The van der Waals surface area contributed by atoms with Gasteiger partial charge in [-0.2, -0.15) is 10.4 Å². The smallest absolute Gasteiger partial charge is 0.328 e. The Hall–Kier alpha value is -6.17. The fourth-order valence-corrected chi connectivity index (χ4v) is 11.4. The molecule has 1 heterocycles. The van der Waals surface area contributed by atoms with Gasteiger partial charge in [-0.3, -0.25) is 53.8 Å². The van der Waals surface area contributed by atoms with Gasteiger partial charge in [-0.15, -0.1) is 0 Å². The van der Waals surface area contributed by atoms with E-state index in [1.54, 1.807) is 37.6 Å². The van der Waals surface area contributed by atoms with Crippen molar-refractivity contribution >= 4 is 66.5 Å². The van der Waals surface area contributed by atoms with E-state index in [1.165, 1.54) is 26.2 Å². The Morgan fingerprint density at radius 3 is 1.85 bits per heavy atom. The van der Waals surface area contributed by atoms with Crippen molar-refractivity contribution in [2.24, 2.45) is 35.5 Å². The molecule has 1 aromatic rings. The standard InChI is InChI=1S/C55H86N7O17P/c1-12-36(6)52(44(77-10)33-48(68)62-26-16-20-41(62)53(78-11)37(7)42(63)31-39(55(74)75)30-38-18-14-13-15-19-38)61(9)54(73)40(34(2)3)32-43(64)51(35(4)5)60(8)47(67)25-28-79-27-17-29-80(76,58-56-45(65)21-23-49(69)70)59-57-46(66)22-24-50(71)72/h13-15,18-19,21-24,34-37,39-41,44,51-53H,12,16-17,20,25-33H2,1-11H3,(H,56,65)(H,57,66)(H,69,70)(H,71,72)(H,74,75)(H2,58,59,76)/b23-21-,24-22-/t36-,37-,39+,40-,41-,44+,51-,52-,53+/m0/s1. The fraction of sp³-hybridized carbons (Fsp3) is 0.636. The van der Waals surface area contributed by atoms with E-state index >= 15 is 0 Å². The summed E-state index contributed by atoms with van der Waals surface area (Å²) in [6.45, 7) is 13.1. The van der Waals surface area contributed by atoms with Gasteiger partial charge < -0.3 is 44.2 Å². The molecule has 2 rings (SSSR count). The van der Waals surface area contributed by atoms with E-state index < -0.39 is 91.2 Å². The number of hydrazine groups is 2. The summed E-state index contributed by atoms with van der Waals surface area (Å²) in [5.74, 6) is -10.8. The fourth-order valence-electron chi connectivity index (χ4n) is 9.95. The second-order valence-electron chi connectivity index (χ2n) is 20.9. The molecular formula is C55H86N7O17P. The second-order valence-corrected chi connectivity index (χ2v) is 23.3. The molecule has 80 heavy (non-hydrogen) atoms. The van der Waals surface area contributed by atoms with Crippen LogP contribution in [0.4, 0.5) is 0 Å². The van der Waals surface area contributed by atoms with Crippen LogP contribution in [0.15, 0.2) is 54.6 Å². The molecule has 0 radical (unpaired) electrons. The molecule has 1 aliphatic heterocycles. The minimum atomic E-state index is -3.92. The van der Waals surface area contributed by atoms with Crippen molar-refractivity contribution in [3.05, 3.63) is 60.2 Å². The first-order chi connectivity index (χ1) is 37.6. The number of carbonyl (C=O) groups is 10. The van der Waals surface area contributed by atoms with Gasteiger partial charge in [0.2, 0.25) is 25.2 Å². The summed E-state index contributed by atoms with van der Waals surface area (Å²) in [4.78, 5) is 133. The Kier molecular flexibility index (Phi) is 30.5. The van der Waals surface area contributed by atoms with Crippen molar-refractivity contribution in [1.29, 1.82) is 0 Å². The zero-order valence-electron chi connectivity index (χ0n) is 48.1. The number of amides is 5. The number of nitrogens with zero attached hydrogens (tertiary/aromatic N) is 3. The molecule has 1 fully saturated rings. The first-order valence-electron chi connectivity index (χ1n) is 27.0. The van der Waals surface area contributed by atoms with E-state index in [4.69, 9.17) is 24.4 Å². The number of likely N-dealkylation sites (N-methyl/N-ethyl adjacent to an activating group) is 2. The first-order valence-corrected chi connectivity index (χ1v) is 28.8. The van der Waals surface area contributed by atoms with E-state index in [9.17, 15) is 57.6 Å². The van der Waals surface area contributed by atoms with Crippen LogP contribution in [0.2, 0.25) is 0 Å². The first kappa shape index (κ1) is 69.9. The number of ketones is 2. The van der Waals surface area contributed by atoms with Crippen LogP contribution < -0.4 is 21.2 Å². The average Bonchev–Trinajstić information content (AvgIpc) is 3.90. The maximum atomic E-state index is 14.7. The predicted octanol–water partition coefficient (Wildman–Crippen LogP) is 4.04. The van der Waals surface area contributed by atoms with Crippen LogP contribution >= 0.6 is 7.44 Å². The number of Topliss-reactive ketones (excluding diaryl/α,β-unsaturated/α-hetero) is 2. The van der Waals surface area contributed by atoms with E-state index in [1.807, 2.05) is 68.9 Å². The lowest BCUT2D eigenvalue weighted by atomic mass is 9.83. The van der Waals surface area contributed by atoms with Crippen LogP contribution in [0.1, 0.15) is 105 Å². The van der Waals surface area contributed by atoms with Crippen molar-refractivity contribution in [1.82, 2.24) is 35.9 Å². The summed E-state index contributed by atoms with van der Waals surface area (Å²) >= 11 is 0. The number of hydrogen-bond acceptors (Lipinski definition) is 14. The predicted molar refractivity (Wildman–Crippen MR) is 295 cm³/mol. The van der Waals surface area contributed by atoms with Crippen molar-refractivity contribution < 1.29 is 82.0 Å². The molecule has 1 saturated heterocycles. The summed E-state index contributed by atoms with van der Waals surface area (Å²) in [6, 6.07) is 7.10. The number of aliphatic carboxylic acids is 3. The summed E-state index contributed by atoms with van der Waals surface area (Å²) in [7, 11) is 2.19. The maximum Gasteiger partial charge on any atom is 0.328 e. The molecule has 5 amide bonds. The zero-order chi connectivity index (χ0) is 60.4. The normalized spacial score (nSPS) is 16.8. The van der Waals surface area contributed by atoms with E-state index in [0.717, 1.165) is 5.56 Å². The third-order valence-corrected chi connectivity index (χ3v) is 16.4. The molecule has 24 nitrogen and oxygen atoms in total. The quantitative estimate of drug-likeness (QED) is 0.0213. The lowest BCUT2D eigenvalue weighted by molar-refractivity contribution is -0.150. The summed E-state index contributed by atoms with van der Waals surface area (Å²) in [5.41, 5.74) is 4.88. The van der Waals surface area contributed by atoms with Crippen molar-refractivity contribution in [3.8, 4) is 0 Å². The van der Waals surface area contributed by atoms with Gasteiger partial charge in [0.25, 0.3) is 11.8 Å². The third-order valence-electron chi connectivity index (χ3n) is 14.5. The number of likely N-dealkylation sites (tertiary alicyclic amines) is 1. The Bertz CT molecular complexity index is 2320. The molecule has 9 atom stereocenters. The lowest BCUT2D eigenvalue weighted by Gasteiger charge is -2.41. The molecule has 0 unspecified atom stereocenters. The molecular weight excluding hydrogens is 1060 g/mol. The molecule has 0 saturated carbocycles. The molecule has 0 bridgehead atoms. The Balaban J connectivity index is 2.17. The van der Waals surface area contributed by atoms with Crippen molar-refractivity contribution in [2.45, 2.75) is 137 Å². The maximum absolute atomic E-state index is 14.7. The minimum Gasteiger partial charge on any atom is -0.481 e. The summed E-state index contributed by atoms with van der Waals surface area (Å²) in [6.07, 6.45) is 1.99. The number of carboxylic acid groups (broad SMARTS) is 3. The van der Waals surface area contributed by atoms with Crippen LogP contribution in [0, 0.1) is 35.5 Å². The highest BCUT2D eigenvalue weighted by Gasteiger charge is 2.44. The number of rotatable bonds is 38. The van der Waals surface area contributed by atoms with Crippen LogP contribution in [0.5, 0.6) is 0 Å². The second kappa shape index (κ2) is 34.9. The Morgan fingerprint density at radius 1 is 0.762 bits per heavy atom. The zero-order valence-corrected chi connectivity index (χ0v) is 49.0. The number of nitrogens with one attached hydrogen (secondary N) is 4. The molecule has 7 N–H and O–H groups in total. The van der Waals surface area contributed by atoms with Crippen LogP contribution in [0.3, 0.4) is 0 Å². The number of ether oxygens (including phenoxy) is 3. The van der Waals surface area contributed by atoms with E-state index in [0.29, 0.717) is 50.1 Å². The third kappa shape index (κ3) is 22.8. The summed E-state index contributed by atoms with van der Waals surface area (Å²) in [5, 5.41) is 32.0. The molecule has 1 aliphatic rings. The average molecular weight is 1150 g/mol. The topological polar surface area (TPSA) is 334 Å². The van der Waals surface area contributed by atoms with Gasteiger partial charge in [-0.25, -0.2) is 9.59 Å². The monoisotopic (exact) mass is 1150 g/mol. The van der Waals surface area contributed by atoms with Gasteiger partial charge in [-0.05, 0) is 49.0 Å². The number of carbonyl (C=O) groups excluding carboxylic acids is 7. The van der Waals surface area contributed by atoms with Gasteiger partial charge in [0.1, 0.15) is 5.78 Å². The highest BCUT2D eigenvalue weighted by molar-refractivity contribution is 7.59. The molecule has 0 spiro atoms. The van der Waals surface area contributed by atoms with Crippen molar-refractivity contribution in [2.75, 3.05) is 54.2 Å². The van der Waals surface area contributed by atoms with Gasteiger partial charge in [0, 0.05) is 96.6 Å². The SMILES string of the molecule is CC[C@H](C)[C@@H]([C@@H](CC(=O)N1CCC[C@H]1[C@H](OC)[C@@H](C)C(=O)C[C@@H](Cc1ccccc1)C(=O)O)OC)N(C)C(=O)[C@@H](CC(=O)[C@H](C(C)C)N(C)C(=O)CCOCCCP(=O)(NNC(=O)/C=C\C(=O)O)NNC(=O)/C=C\C(=O)O)C(C)C. The molecule has 25 heteroatoms. The number of benzene rings is 1. The highest BCUT2D eigenvalue weighted by atomic mass is 31.2. The number of methoxy groups -OCH3 is 2. The summed E-state index contributed by atoms with van der Waals surface area (Å²) < 4.78 is 31.1. The highest BCUT2D eigenvalue weighted by Crippen LogP contribution is 2.35. The van der Waals surface area contributed by atoms with E-state index in [2.05, 4.69) is 10.4 Å². The van der Waals surface area contributed by atoms with Crippen LogP contribution in [-0.2, 0) is 73.1 Å². The Labute approximate surface area is 469 Å². The van der Waals surface area contributed by atoms with E-state index in [-0.39, 0.29) is 99.0 Å². The Morgan fingerprint density at radius 2 is 1.35 bits per heavy atom. The minimum absolute atomic E-state index is 0.0281. The van der Waals surface area contributed by atoms with Crippen molar-refractivity contribution in [3.63, 3.8) is 0 Å². The molecule has 448 valence electrons. The molecule has 0 aromatic heterocycles. The largest absolute Gasteiger partial charge is 0.481 e. The molecule has 1 aromatic carbocycles. The van der Waals surface area contributed by atoms with Crippen LogP contribution in [-0.4, -0.2) is 174 Å². The number of carboxylic acids is 3. The van der Waals surface area contributed by atoms with Gasteiger partial charge in [0.05, 0.1) is 55.7 Å². The van der Waals surface area contributed by atoms with Gasteiger partial charge in [-0.1, -0.05) is 85.2 Å².